The third-order valence-electron chi connectivity index (χ3n) is 5.22. The number of hydrogen-bond acceptors (Lipinski definition) is 4. The predicted octanol–water partition coefficient (Wildman–Crippen LogP) is 4.46. The average molecular weight is 573 g/mol. The molecule has 1 unspecified atom stereocenters. The summed E-state index contributed by atoms with van der Waals surface area (Å²) in [5.41, 5.74) is 3.52. The molecule has 8 heteroatoms. The maximum absolute atomic E-state index is 6.14. The highest BCUT2D eigenvalue weighted by molar-refractivity contribution is 14.0. The lowest BCUT2D eigenvalue weighted by molar-refractivity contribution is 0.0453. The Bertz CT molecular complexity index is 852. The molecule has 0 bridgehead atoms. The minimum absolute atomic E-state index is 0. The van der Waals surface area contributed by atoms with Crippen LogP contribution < -0.4 is 15.5 Å². The van der Waals surface area contributed by atoms with Crippen molar-refractivity contribution in [1.82, 2.24) is 10.6 Å². The molecule has 2 aromatic rings. The Hall–Kier alpha value is -1.55. The molecule has 1 saturated heterocycles. The summed E-state index contributed by atoms with van der Waals surface area (Å²) in [6.45, 7) is 7.18. The van der Waals surface area contributed by atoms with Crippen molar-refractivity contribution in [2.75, 3.05) is 44.9 Å². The first kappa shape index (κ1) is 26.7. The summed E-state index contributed by atoms with van der Waals surface area (Å²) in [6.07, 6.45) is 1.06. The summed E-state index contributed by atoms with van der Waals surface area (Å²) in [5, 5.41) is 7.74. The normalized spacial score (nSPS) is 16.0. The first-order valence-corrected chi connectivity index (χ1v) is 11.3. The number of nitrogens with one attached hydrogen (secondary N) is 2. The van der Waals surface area contributed by atoms with E-state index in [0.29, 0.717) is 32.4 Å². The zero-order valence-corrected chi connectivity index (χ0v) is 21.9. The lowest BCUT2D eigenvalue weighted by atomic mass is 10.1. The van der Waals surface area contributed by atoms with Gasteiger partial charge in [-0.3, -0.25) is 4.99 Å². The molecule has 0 spiro atoms. The maximum atomic E-state index is 6.14. The van der Waals surface area contributed by atoms with Gasteiger partial charge in [0.25, 0.3) is 0 Å². The average Bonchev–Trinajstić information content (AvgIpc) is 3.25. The van der Waals surface area contributed by atoms with E-state index in [2.05, 4.69) is 50.9 Å². The van der Waals surface area contributed by atoms with Gasteiger partial charge in [-0.25, -0.2) is 0 Å². The zero-order chi connectivity index (χ0) is 21.9. The van der Waals surface area contributed by atoms with E-state index in [-0.39, 0.29) is 24.0 Å². The van der Waals surface area contributed by atoms with Crippen molar-refractivity contribution in [3.8, 4) is 0 Å². The van der Waals surface area contributed by atoms with Gasteiger partial charge in [-0.15, -0.1) is 24.0 Å². The molecule has 1 atom stereocenters. The molecule has 0 saturated carbocycles. The topological polar surface area (TPSA) is 58.1 Å². The summed E-state index contributed by atoms with van der Waals surface area (Å²) in [7, 11) is 1.81. The van der Waals surface area contributed by atoms with E-state index in [0.717, 1.165) is 42.7 Å². The van der Waals surface area contributed by atoms with Gasteiger partial charge in [-0.05, 0) is 42.7 Å². The van der Waals surface area contributed by atoms with Crippen LogP contribution in [0.2, 0.25) is 5.02 Å². The number of guanidine groups is 1. The van der Waals surface area contributed by atoms with E-state index >= 15 is 0 Å². The fourth-order valence-electron chi connectivity index (χ4n) is 3.64. The first-order chi connectivity index (χ1) is 15.2. The van der Waals surface area contributed by atoms with Gasteiger partial charge in [0, 0.05) is 50.0 Å². The van der Waals surface area contributed by atoms with Gasteiger partial charge >= 0.3 is 0 Å². The third kappa shape index (κ3) is 8.77. The number of nitrogens with zero attached hydrogens (tertiary/aromatic N) is 2. The van der Waals surface area contributed by atoms with Gasteiger partial charge in [0.1, 0.15) is 0 Å². The quantitative estimate of drug-likeness (QED) is 0.191. The van der Waals surface area contributed by atoms with E-state index in [9.17, 15) is 0 Å². The number of benzene rings is 2. The lowest BCUT2D eigenvalue weighted by Crippen LogP contribution is -2.44. The number of rotatable bonds is 10. The van der Waals surface area contributed by atoms with Crippen LogP contribution in [0.4, 0.5) is 5.69 Å². The number of hydrogen-bond donors (Lipinski definition) is 2. The molecule has 2 N–H and O–H groups in total. The molecule has 0 aliphatic carbocycles. The van der Waals surface area contributed by atoms with Crippen molar-refractivity contribution in [2.24, 2.45) is 4.99 Å². The van der Waals surface area contributed by atoms with Crippen molar-refractivity contribution in [1.29, 1.82) is 0 Å². The smallest absolute Gasteiger partial charge is 0.191 e. The highest BCUT2D eigenvalue weighted by atomic mass is 127. The minimum atomic E-state index is 0. The van der Waals surface area contributed by atoms with Crippen LogP contribution in [-0.2, 0) is 22.6 Å². The molecule has 3 rings (SSSR count). The highest BCUT2D eigenvalue weighted by Crippen LogP contribution is 2.23. The Morgan fingerprint density at radius 2 is 1.91 bits per heavy atom. The molecule has 1 aliphatic rings. The predicted molar refractivity (Wildman–Crippen MR) is 143 cm³/mol. The molecule has 0 amide bonds. The standard InChI is InChI=1S/C24H33ClN4O2.HI/c1-3-30-12-13-31-18-20-7-4-6-19(14-20)16-27-24(26-2)28-22-10-11-29(17-22)23-9-5-8-21(25)15-23;/h4-9,14-15,22H,3,10-13,16-18H2,1-2H3,(H2,26,27,28);1H. The second-order valence-corrected chi connectivity index (χ2v) is 7.99. The summed E-state index contributed by atoms with van der Waals surface area (Å²) in [5.74, 6) is 0.816. The Morgan fingerprint density at radius 3 is 2.69 bits per heavy atom. The summed E-state index contributed by atoms with van der Waals surface area (Å²) in [6, 6.07) is 16.8. The van der Waals surface area contributed by atoms with Gasteiger partial charge in [0.2, 0.25) is 0 Å². The van der Waals surface area contributed by atoms with E-state index in [1.807, 2.05) is 32.2 Å². The molecule has 0 aromatic heterocycles. The maximum Gasteiger partial charge on any atom is 0.191 e. The number of ether oxygens (including phenoxy) is 2. The van der Waals surface area contributed by atoms with Crippen LogP contribution in [0.15, 0.2) is 53.5 Å². The molecule has 1 heterocycles. The minimum Gasteiger partial charge on any atom is -0.379 e. The van der Waals surface area contributed by atoms with E-state index < -0.39 is 0 Å². The van der Waals surface area contributed by atoms with Crippen LogP contribution in [0.1, 0.15) is 24.5 Å². The lowest BCUT2D eigenvalue weighted by Gasteiger charge is -2.20. The molecular weight excluding hydrogens is 539 g/mol. The monoisotopic (exact) mass is 572 g/mol. The Balaban J connectivity index is 0.00000363. The van der Waals surface area contributed by atoms with Gasteiger partial charge in [0.05, 0.1) is 19.8 Å². The van der Waals surface area contributed by atoms with Crippen LogP contribution in [-0.4, -0.2) is 52.0 Å². The summed E-state index contributed by atoms with van der Waals surface area (Å²) in [4.78, 5) is 6.75. The van der Waals surface area contributed by atoms with Crippen LogP contribution in [0, 0.1) is 0 Å². The number of aliphatic imine (C=N–C) groups is 1. The molecule has 0 radical (unpaired) electrons. The van der Waals surface area contributed by atoms with Crippen molar-refractivity contribution in [2.45, 2.75) is 32.5 Å². The largest absolute Gasteiger partial charge is 0.379 e. The van der Waals surface area contributed by atoms with Crippen LogP contribution in [0.25, 0.3) is 0 Å². The van der Waals surface area contributed by atoms with Crippen LogP contribution in [0.3, 0.4) is 0 Å². The molecule has 32 heavy (non-hydrogen) atoms. The Kier molecular flexibility index (Phi) is 12.2. The fraction of sp³-hybridized carbons (Fsp3) is 0.458. The number of halogens is 2. The van der Waals surface area contributed by atoms with Crippen molar-refractivity contribution in [3.63, 3.8) is 0 Å². The molecular formula is C24H34ClIN4O2. The van der Waals surface area contributed by atoms with Crippen LogP contribution in [0.5, 0.6) is 0 Å². The van der Waals surface area contributed by atoms with Crippen molar-refractivity contribution >= 4 is 47.2 Å². The fourth-order valence-corrected chi connectivity index (χ4v) is 3.83. The molecule has 1 aliphatic heterocycles. The van der Waals surface area contributed by atoms with Gasteiger partial charge in [-0.1, -0.05) is 41.9 Å². The van der Waals surface area contributed by atoms with E-state index in [1.54, 1.807) is 0 Å². The first-order valence-electron chi connectivity index (χ1n) is 10.9. The Morgan fingerprint density at radius 1 is 1.12 bits per heavy atom. The molecule has 1 fully saturated rings. The summed E-state index contributed by atoms with van der Waals surface area (Å²) < 4.78 is 11.0. The van der Waals surface area contributed by atoms with Gasteiger partial charge in [-0.2, -0.15) is 0 Å². The molecule has 176 valence electrons. The van der Waals surface area contributed by atoms with Gasteiger partial charge in [0.15, 0.2) is 5.96 Å². The number of anilines is 1. The second kappa shape index (κ2) is 14.6. The molecule has 6 nitrogen and oxygen atoms in total. The highest BCUT2D eigenvalue weighted by Gasteiger charge is 2.23. The molecule has 2 aromatic carbocycles. The van der Waals surface area contributed by atoms with E-state index in [1.165, 1.54) is 11.3 Å². The van der Waals surface area contributed by atoms with Crippen molar-refractivity contribution < 1.29 is 9.47 Å². The van der Waals surface area contributed by atoms with Crippen LogP contribution >= 0.6 is 35.6 Å². The zero-order valence-electron chi connectivity index (χ0n) is 18.9. The SMILES string of the molecule is CCOCCOCc1cccc(CNC(=NC)NC2CCN(c3cccc(Cl)c3)C2)c1.I. The van der Waals surface area contributed by atoms with Crippen molar-refractivity contribution in [3.05, 3.63) is 64.7 Å². The van der Waals surface area contributed by atoms with E-state index in [4.69, 9.17) is 21.1 Å². The van der Waals surface area contributed by atoms with Gasteiger partial charge < -0.3 is 25.0 Å². The second-order valence-electron chi connectivity index (χ2n) is 7.55. The summed E-state index contributed by atoms with van der Waals surface area (Å²) >= 11 is 6.14. The third-order valence-corrected chi connectivity index (χ3v) is 5.46. The Labute approximate surface area is 213 Å².